The largest absolute Gasteiger partial charge is 0.381 e. The Morgan fingerprint density at radius 1 is 1.38 bits per heavy atom. The van der Waals surface area contributed by atoms with Gasteiger partial charge >= 0.3 is 0 Å². The smallest absolute Gasteiger partial charge is 0.160 e. The van der Waals surface area contributed by atoms with E-state index in [9.17, 15) is 0 Å². The van der Waals surface area contributed by atoms with Gasteiger partial charge in [0.25, 0.3) is 0 Å². The van der Waals surface area contributed by atoms with Gasteiger partial charge in [-0.05, 0) is 43.1 Å². The number of ether oxygens (including phenoxy) is 1. The van der Waals surface area contributed by atoms with Crippen molar-refractivity contribution in [3.63, 3.8) is 0 Å². The molecule has 0 aromatic carbocycles. The average molecular weight is 303 g/mol. The van der Waals surface area contributed by atoms with E-state index in [2.05, 4.69) is 27.4 Å². The van der Waals surface area contributed by atoms with Gasteiger partial charge in [-0.1, -0.05) is 0 Å². The molecule has 2 aliphatic rings. The highest BCUT2D eigenvalue weighted by atomic mass is 32.2. The second kappa shape index (κ2) is 5.97. The van der Waals surface area contributed by atoms with E-state index >= 15 is 0 Å². The Bertz CT molecular complexity index is 615. The molecule has 112 valence electrons. The van der Waals surface area contributed by atoms with Crippen LogP contribution in [0.4, 0.5) is 0 Å². The Kier molecular flexibility index (Phi) is 3.86. The van der Waals surface area contributed by atoms with Crippen LogP contribution in [0.15, 0.2) is 18.3 Å². The summed E-state index contributed by atoms with van der Waals surface area (Å²) in [5, 5.41) is 0. The molecule has 4 nitrogen and oxygen atoms in total. The first-order chi connectivity index (χ1) is 10.4. The molecule has 2 aliphatic heterocycles. The van der Waals surface area contributed by atoms with Crippen LogP contribution in [-0.2, 0) is 11.2 Å². The molecule has 2 atom stereocenters. The van der Waals surface area contributed by atoms with Crippen LogP contribution < -0.4 is 0 Å². The van der Waals surface area contributed by atoms with Crippen molar-refractivity contribution in [1.82, 2.24) is 14.5 Å². The molecule has 0 spiro atoms. The number of hydrogen-bond donors (Lipinski definition) is 0. The van der Waals surface area contributed by atoms with Crippen LogP contribution in [0.25, 0.3) is 11.2 Å². The summed E-state index contributed by atoms with van der Waals surface area (Å²) in [6.45, 7) is 1.79. The van der Waals surface area contributed by atoms with Gasteiger partial charge in [0.1, 0.15) is 11.3 Å². The molecular formula is C16H21N3OS. The summed E-state index contributed by atoms with van der Waals surface area (Å²) >= 11 is 2.06. The lowest BCUT2D eigenvalue weighted by Crippen LogP contribution is -2.20. The molecule has 2 aromatic heterocycles. The molecule has 0 aliphatic carbocycles. The van der Waals surface area contributed by atoms with Crippen molar-refractivity contribution in [3.05, 3.63) is 24.2 Å². The van der Waals surface area contributed by atoms with Crippen molar-refractivity contribution in [2.24, 2.45) is 5.92 Å². The third kappa shape index (κ3) is 2.69. The van der Waals surface area contributed by atoms with Crippen molar-refractivity contribution >= 4 is 22.9 Å². The Morgan fingerprint density at radius 2 is 2.38 bits per heavy atom. The lowest BCUT2D eigenvalue weighted by Gasteiger charge is -2.25. The molecule has 2 fully saturated rings. The Balaban J connectivity index is 1.72. The molecule has 2 saturated heterocycles. The van der Waals surface area contributed by atoms with Gasteiger partial charge < -0.3 is 9.30 Å². The minimum atomic E-state index is 0.556. The fraction of sp³-hybridized carbons (Fsp3) is 0.625. The third-order valence-corrected chi connectivity index (χ3v) is 5.72. The topological polar surface area (TPSA) is 39.9 Å². The predicted octanol–water partition coefficient (Wildman–Crippen LogP) is 3.08. The minimum absolute atomic E-state index is 0.556. The normalized spacial score (nSPS) is 26.5. The maximum absolute atomic E-state index is 5.53. The van der Waals surface area contributed by atoms with Crippen molar-refractivity contribution in [2.75, 3.05) is 24.7 Å². The van der Waals surface area contributed by atoms with E-state index in [1.807, 2.05) is 12.3 Å². The number of fused-ring (bicyclic) bond motifs is 1. The zero-order valence-electron chi connectivity index (χ0n) is 12.2. The zero-order chi connectivity index (χ0) is 14.1. The number of pyridine rings is 1. The van der Waals surface area contributed by atoms with E-state index in [0.717, 1.165) is 37.2 Å². The summed E-state index contributed by atoms with van der Waals surface area (Å²) in [5.41, 5.74) is 2.11. The van der Waals surface area contributed by atoms with Crippen molar-refractivity contribution in [3.8, 4) is 0 Å². The standard InChI is InChI=1S/C16H21N3OS/c1-4-14-16(17-6-1)19(13-3-2-8-21-11-13)15(18-14)9-12-5-7-20-10-12/h1,4,6,12-13H,2-3,5,7-11H2. The van der Waals surface area contributed by atoms with E-state index in [1.54, 1.807) is 0 Å². The van der Waals surface area contributed by atoms with Gasteiger partial charge in [0.2, 0.25) is 0 Å². The summed E-state index contributed by atoms with van der Waals surface area (Å²) in [6.07, 6.45) is 6.63. The fourth-order valence-electron chi connectivity index (χ4n) is 3.43. The number of aromatic nitrogens is 3. The van der Waals surface area contributed by atoms with Gasteiger partial charge in [-0.2, -0.15) is 11.8 Å². The highest BCUT2D eigenvalue weighted by Gasteiger charge is 2.25. The number of imidazole rings is 1. The molecule has 4 heterocycles. The van der Waals surface area contributed by atoms with Crippen LogP contribution in [0.2, 0.25) is 0 Å². The van der Waals surface area contributed by atoms with E-state index < -0.39 is 0 Å². The number of thioether (sulfide) groups is 1. The first-order valence-corrected chi connectivity index (χ1v) is 9.04. The first-order valence-electron chi connectivity index (χ1n) is 7.89. The highest BCUT2D eigenvalue weighted by molar-refractivity contribution is 7.99. The molecule has 2 aromatic rings. The maximum Gasteiger partial charge on any atom is 0.160 e. The minimum Gasteiger partial charge on any atom is -0.381 e. The molecule has 0 N–H and O–H groups in total. The predicted molar refractivity (Wildman–Crippen MR) is 85.8 cm³/mol. The monoisotopic (exact) mass is 303 g/mol. The zero-order valence-corrected chi connectivity index (χ0v) is 13.0. The summed E-state index contributed by atoms with van der Waals surface area (Å²) < 4.78 is 7.96. The number of nitrogens with zero attached hydrogens (tertiary/aromatic N) is 3. The molecular weight excluding hydrogens is 282 g/mol. The molecule has 0 amide bonds. The molecule has 0 bridgehead atoms. The second-order valence-corrected chi connectivity index (χ2v) is 7.20. The molecule has 2 unspecified atom stereocenters. The molecule has 0 radical (unpaired) electrons. The van der Waals surface area contributed by atoms with Gasteiger partial charge in [-0.15, -0.1) is 0 Å². The van der Waals surface area contributed by atoms with Crippen LogP contribution in [0.1, 0.15) is 31.1 Å². The van der Waals surface area contributed by atoms with Crippen molar-refractivity contribution in [2.45, 2.75) is 31.7 Å². The maximum atomic E-state index is 5.53. The van der Waals surface area contributed by atoms with Crippen molar-refractivity contribution in [1.29, 1.82) is 0 Å². The Hall–Kier alpha value is -1.07. The lowest BCUT2D eigenvalue weighted by atomic mass is 10.0. The van der Waals surface area contributed by atoms with E-state index in [-0.39, 0.29) is 0 Å². The van der Waals surface area contributed by atoms with Crippen LogP contribution in [0.3, 0.4) is 0 Å². The SMILES string of the molecule is c1cnc2c(c1)nc(CC1CCOC1)n2C1CCCSC1. The van der Waals surface area contributed by atoms with Gasteiger partial charge in [0.05, 0.1) is 0 Å². The number of rotatable bonds is 3. The third-order valence-electron chi connectivity index (χ3n) is 4.52. The van der Waals surface area contributed by atoms with E-state index in [0.29, 0.717) is 12.0 Å². The molecule has 21 heavy (non-hydrogen) atoms. The molecule has 4 rings (SSSR count). The van der Waals surface area contributed by atoms with Gasteiger partial charge in [-0.3, -0.25) is 0 Å². The summed E-state index contributed by atoms with van der Waals surface area (Å²) in [4.78, 5) is 9.50. The van der Waals surface area contributed by atoms with Gasteiger partial charge in [-0.25, -0.2) is 9.97 Å². The van der Waals surface area contributed by atoms with Gasteiger partial charge in [0, 0.05) is 37.6 Å². The van der Waals surface area contributed by atoms with Crippen molar-refractivity contribution < 1.29 is 4.74 Å². The van der Waals surface area contributed by atoms with Crippen LogP contribution in [-0.4, -0.2) is 39.3 Å². The Morgan fingerprint density at radius 3 is 3.19 bits per heavy atom. The summed E-state index contributed by atoms with van der Waals surface area (Å²) in [7, 11) is 0. The molecule has 0 saturated carbocycles. The highest BCUT2D eigenvalue weighted by Crippen LogP contribution is 2.32. The van der Waals surface area contributed by atoms with Crippen LogP contribution >= 0.6 is 11.8 Å². The van der Waals surface area contributed by atoms with Crippen LogP contribution in [0, 0.1) is 5.92 Å². The Labute approximate surface area is 129 Å². The second-order valence-electron chi connectivity index (χ2n) is 6.05. The average Bonchev–Trinajstić information content (AvgIpc) is 3.15. The molecule has 5 heteroatoms. The lowest BCUT2D eigenvalue weighted by molar-refractivity contribution is 0.185. The quantitative estimate of drug-likeness (QED) is 0.873. The first kappa shape index (κ1) is 13.6. The summed E-state index contributed by atoms with van der Waals surface area (Å²) in [6, 6.07) is 4.63. The summed E-state index contributed by atoms with van der Waals surface area (Å²) in [5.74, 6) is 4.32. The fourth-order valence-corrected chi connectivity index (χ4v) is 4.56. The number of hydrogen-bond acceptors (Lipinski definition) is 4. The van der Waals surface area contributed by atoms with E-state index in [4.69, 9.17) is 9.72 Å². The van der Waals surface area contributed by atoms with Crippen LogP contribution in [0.5, 0.6) is 0 Å². The van der Waals surface area contributed by atoms with E-state index in [1.165, 1.54) is 30.2 Å². The van der Waals surface area contributed by atoms with Gasteiger partial charge in [0.15, 0.2) is 5.65 Å².